The average molecular weight is 437 g/mol. The molecule has 8 heteroatoms. The lowest BCUT2D eigenvalue weighted by molar-refractivity contribution is -0.129. The van der Waals surface area contributed by atoms with Crippen LogP contribution < -0.4 is 0 Å². The molecule has 4 aromatic rings. The highest BCUT2D eigenvalue weighted by atomic mass is 32.2. The van der Waals surface area contributed by atoms with Gasteiger partial charge in [0.1, 0.15) is 0 Å². The molecule has 5 rings (SSSR count). The standard InChI is InChI=1S/C22H20N4O2S2/c27-20(25-12-4-9-17(25)19-11-6-14-29-19)15-30-22-24-23-21(18-10-5-13-28-18)26(22)16-7-2-1-3-8-16/h1-3,5-8,10-11,13-14,17H,4,9,12,15H2/t17-/m0/s1. The summed E-state index contributed by atoms with van der Waals surface area (Å²) < 4.78 is 7.49. The maximum atomic E-state index is 13.0. The van der Waals surface area contributed by atoms with Gasteiger partial charge in [-0.2, -0.15) is 0 Å². The Bertz CT molecular complexity index is 1110. The highest BCUT2D eigenvalue weighted by molar-refractivity contribution is 7.99. The van der Waals surface area contributed by atoms with Gasteiger partial charge in [-0.05, 0) is 48.6 Å². The van der Waals surface area contributed by atoms with Crippen LogP contribution in [-0.2, 0) is 4.79 Å². The summed E-state index contributed by atoms with van der Waals surface area (Å²) in [4.78, 5) is 16.3. The van der Waals surface area contributed by atoms with Crippen LogP contribution in [0, 0.1) is 0 Å². The van der Waals surface area contributed by atoms with Gasteiger partial charge in [0.25, 0.3) is 0 Å². The molecule has 3 aromatic heterocycles. The Morgan fingerprint density at radius 1 is 1.13 bits per heavy atom. The van der Waals surface area contributed by atoms with Crippen molar-refractivity contribution in [2.45, 2.75) is 24.0 Å². The van der Waals surface area contributed by atoms with Crippen LogP contribution >= 0.6 is 23.1 Å². The number of benzene rings is 1. The Balaban J connectivity index is 1.38. The molecule has 152 valence electrons. The van der Waals surface area contributed by atoms with Crippen LogP contribution in [0.15, 0.2) is 75.8 Å². The second-order valence-electron chi connectivity index (χ2n) is 7.00. The van der Waals surface area contributed by atoms with Crippen molar-refractivity contribution in [3.05, 3.63) is 71.1 Å². The fraction of sp³-hybridized carbons (Fsp3) is 0.227. The minimum Gasteiger partial charge on any atom is -0.461 e. The fourth-order valence-electron chi connectivity index (χ4n) is 3.79. The molecule has 0 spiro atoms. The van der Waals surface area contributed by atoms with Gasteiger partial charge in [0.15, 0.2) is 10.9 Å². The molecule has 1 saturated heterocycles. The average Bonchev–Trinajstić information content (AvgIpc) is 3.57. The quantitative estimate of drug-likeness (QED) is 0.396. The van der Waals surface area contributed by atoms with E-state index in [-0.39, 0.29) is 11.9 Å². The molecular weight excluding hydrogens is 416 g/mol. The molecule has 1 fully saturated rings. The van der Waals surface area contributed by atoms with E-state index < -0.39 is 0 Å². The Morgan fingerprint density at radius 2 is 2.03 bits per heavy atom. The van der Waals surface area contributed by atoms with Gasteiger partial charge >= 0.3 is 0 Å². The first kappa shape index (κ1) is 19.1. The molecule has 4 heterocycles. The highest BCUT2D eigenvalue weighted by Crippen LogP contribution is 2.35. The number of rotatable bonds is 6. The predicted octanol–water partition coefficient (Wildman–Crippen LogP) is 5.04. The highest BCUT2D eigenvalue weighted by Gasteiger charge is 2.31. The van der Waals surface area contributed by atoms with Crippen LogP contribution in [0.4, 0.5) is 0 Å². The zero-order valence-electron chi connectivity index (χ0n) is 16.2. The molecule has 1 aliphatic rings. The van der Waals surface area contributed by atoms with E-state index in [1.165, 1.54) is 16.6 Å². The van der Waals surface area contributed by atoms with Crippen molar-refractivity contribution in [3.63, 3.8) is 0 Å². The number of thioether (sulfide) groups is 1. The topological polar surface area (TPSA) is 64.2 Å². The van der Waals surface area contributed by atoms with E-state index in [0.29, 0.717) is 22.5 Å². The number of para-hydroxylation sites is 1. The number of thiophene rings is 1. The van der Waals surface area contributed by atoms with Crippen LogP contribution in [0.25, 0.3) is 17.3 Å². The maximum absolute atomic E-state index is 13.0. The van der Waals surface area contributed by atoms with Crippen molar-refractivity contribution >= 4 is 29.0 Å². The summed E-state index contributed by atoms with van der Waals surface area (Å²) in [5, 5.41) is 11.5. The van der Waals surface area contributed by atoms with Gasteiger partial charge in [-0.3, -0.25) is 9.36 Å². The van der Waals surface area contributed by atoms with E-state index in [9.17, 15) is 4.79 Å². The third kappa shape index (κ3) is 3.68. The smallest absolute Gasteiger partial charge is 0.233 e. The SMILES string of the molecule is O=C(CSc1nnc(-c2ccco2)n1-c1ccccc1)N1CCC[C@H]1c1cccs1. The van der Waals surface area contributed by atoms with Crippen molar-refractivity contribution in [1.82, 2.24) is 19.7 Å². The summed E-state index contributed by atoms with van der Waals surface area (Å²) in [7, 11) is 0. The van der Waals surface area contributed by atoms with E-state index >= 15 is 0 Å². The molecule has 0 N–H and O–H groups in total. The lowest BCUT2D eigenvalue weighted by atomic mass is 10.2. The summed E-state index contributed by atoms with van der Waals surface area (Å²) in [5.41, 5.74) is 0.932. The van der Waals surface area contributed by atoms with Crippen LogP contribution in [0.1, 0.15) is 23.8 Å². The number of carbonyl (C=O) groups is 1. The van der Waals surface area contributed by atoms with Crippen LogP contribution in [0.3, 0.4) is 0 Å². The third-order valence-corrected chi connectivity index (χ3v) is 7.05. The number of likely N-dealkylation sites (tertiary alicyclic amines) is 1. The monoisotopic (exact) mass is 436 g/mol. The lowest BCUT2D eigenvalue weighted by Gasteiger charge is -2.23. The zero-order valence-corrected chi connectivity index (χ0v) is 17.8. The maximum Gasteiger partial charge on any atom is 0.233 e. The van der Waals surface area contributed by atoms with Gasteiger partial charge in [0.05, 0.1) is 18.1 Å². The van der Waals surface area contributed by atoms with Gasteiger partial charge in [-0.25, -0.2) is 0 Å². The molecule has 0 saturated carbocycles. The predicted molar refractivity (Wildman–Crippen MR) is 118 cm³/mol. The van der Waals surface area contributed by atoms with E-state index in [2.05, 4.69) is 21.6 Å². The molecule has 1 aromatic carbocycles. The summed E-state index contributed by atoms with van der Waals surface area (Å²) in [5.74, 6) is 1.73. The Morgan fingerprint density at radius 3 is 2.80 bits per heavy atom. The van der Waals surface area contributed by atoms with Crippen molar-refractivity contribution in [3.8, 4) is 17.3 Å². The van der Waals surface area contributed by atoms with Crippen LogP contribution in [0.2, 0.25) is 0 Å². The first-order valence-electron chi connectivity index (χ1n) is 9.81. The summed E-state index contributed by atoms with van der Waals surface area (Å²) in [6, 6.07) is 18.0. The first-order valence-corrected chi connectivity index (χ1v) is 11.7. The van der Waals surface area contributed by atoms with Gasteiger partial charge in [0.2, 0.25) is 11.7 Å². The summed E-state index contributed by atoms with van der Waals surface area (Å²) >= 11 is 3.13. The van der Waals surface area contributed by atoms with E-state index in [4.69, 9.17) is 4.42 Å². The Hall–Kier alpha value is -2.84. The molecule has 1 amide bonds. The molecular formula is C22H20N4O2S2. The molecule has 0 bridgehead atoms. The second kappa shape index (κ2) is 8.49. The largest absolute Gasteiger partial charge is 0.461 e. The second-order valence-corrected chi connectivity index (χ2v) is 8.93. The molecule has 1 atom stereocenters. The van der Waals surface area contributed by atoms with Crippen molar-refractivity contribution in [2.75, 3.05) is 12.3 Å². The minimum atomic E-state index is 0.137. The van der Waals surface area contributed by atoms with E-state index in [1.807, 2.05) is 58.0 Å². The Labute approximate surface area is 182 Å². The zero-order chi connectivity index (χ0) is 20.3. The van der Waals surface area contributed by atoms with Crippen molar-refractivity contribution in [2.24, 2.45) is 0 Å². The Kier molecular flexibility index (Phi) is 5.42. The molecule has 0 unspecified atom stereocenters. The third-order valence-electron chi connectivity index (χ3n) is 5.16. The number of amides is 1. The van der Waals surface area contributed by atoms with Crippen molar-refractivity contribution < 1.29 is 9.21 Å². The van der Waals surface area contributed by atoms with Gasteiger partial charge in [0, 0.05) is 17.1 Å². The number of carbonyl (C=O) groups excluding carboxylic acids is 1. The van der Waals surface area contributed by atoms with E-state index in [0.717, 1.165) is 25.1 Å². The normalized spacial score (nSPS) is 16.3. The molecule has 6 nitrogen and oxygen atoms in total. The van der Waals surface area contributed by atoms with Crippen LogP contribution in [0.5, 0.6) is 0 Å². The van der Waals surface area contributed by atoms with E-state index in [1.54, 1.807) is 17.6 Å². The minimum absolute atomic E-state index is 0.137. The first-order chi connectivity index (χ1) is 14.8. The van der Waals surface area contributed by atoms with Gasteiger partial charge in [-0.15, -0.1) is 21.5 Å². The number of hydrogen-bond donors (Lipinski definition) is 0. The number of nitrogens with zero attached hydrogens (tertiary/aromatic N) is 4. The lowest BCUT2D eigenvalue weighted by Crippen LogP contribution is -2.31. The molecule has 0 aliphatic carbocycles. The van der Waals surface area contributed by atoms with Crippen molar-refractivity contribution in [1.29, 1.82) is 0 Å². The van der Waals surface area contributed by atoms with Crippen LogP contribution in [-0.4, -0.2) is 37.9 Å². The molecule has 0 radical (unpaired) electrons. The molecule has 1 aliphatic heterocycles. The number of aromatic nitrogens is 3. The summed E-state index contributed by atoms with van der Waals surface area (Å²) in [6.45, 7) is 0.810. The van der Waals surface area contributed by atoms with Gasteiger partial charge in [-0.1, -0.05) is 36.0 Å². The number of furan rings is 1. The van der Waals surface area contributed by atoms with Gasteiger partial charge < -0.3 is 9.32 Å². The molecule has 30 heavy (non-hydrogen) atoms. The summed E-state index contributed by atoms with van der Waals surface area (Å²) in [6.07, 6.45) is 3.69. The fourth-order valence-corrected chi connectivity index (χ4v) is 5.50. The number of hydrogen-bond acceptors (Lipinski definition) is 6.